The summed E-state index contributed by atoms with van der Waals surface area (Å²) in [5.41, 5.74) is 3.25. The highest BCUT2D eigenvalue weighted by Gasteiger charge is 2.32. The van der Waals surface area contributed by atoms with E-state index in [0.717, 1.165) is 55.3 Å². The van der Waals surface area contributed by atoms with Crippen LogP contribution in [0, 0.1) is 5.92 Å². The average molecular weight is 354 g/mol. The van der Waals surface area contributed by atoms with Crippen LogP contribution in [0.25, 0.3) is 0 Å². The van der Waals surface area contributed by atoms with Crippen molar-refractivity contribution in [3.8, 4) is 0 Å². The Balaban J connectivity index is 1.42. The zero-order valence-electron chi connectivity index (χ0n) is 14.6. The van der Waals surface area contributed by atoms with Crippen LogP contribution >= 0.6 is 0 Å². The normalized spacial score (nSPS) is 19.4. The van der Waals surface area contributed by atoms with Gasteiger partial charge in [-0.05, 0) is 62.1 Å². The molecule has 1 N–H and O–H groups in total. The van der Waals surface area contributed by atoms with Crippen molar-refractivity contribution in [2.24, 2.45) is 5.92 Å². The number of hydrogen-bond acceptors (Lipinski definition) is 4. The van der Waals surface area contributed by atoms with E-state index >= 15 is 0 Å². The molecule has 0 unspecified atom stereocenters. The van der Waals surface area contributed by atoms with Crippen molar-refractivity contribution in [3.63, 3.8) is 0 Å². The van der Waals surface area contributed by atoms with E-state index in [0.29, 0.717) is 30.3 Å². The van der Waals surface area contributed by atoms with Crippen molar-refractivity contribution in [2.75, 3.05) is 13.1 Å². The Morgan fingerprint density at radius 2 is 2.12 bits per heavy atom. The summed E-state index contributed by atoms with van der Waals surface area (Å²) in [5, 5.41) is 13.2. The Bertz CT molecular complexity index is 842. The first kappa shape index (κ1) is 16.8. The highest BCUT2D eigenvalue weighted by molar-refractivity contribution is 5.93. The van der Waals surface area contributed by atoms with E-state index in [2.05, 4.69) is 5.16 Å². The van der Waals surface area contributed by atoms with Crippen LogP contribution in [0.2, 0.25) is 0 Å². The fraction of sp³-hybridized carbons (Fsp3) is 0.450. The molecular weight excluding hydrogens is 332 g/mol. The van der Waals surface area contributed by atoms with Crippen molar-refractivity contribution >= 4 is 11.9 Å². The number of carbonyl (C=O) groups excluding carboxylic acids is 1. The molecule has 1 aromatic heterocycles. The number of fused-ring (bicyclic) bond motifs is 1. The lowest BCUT2D eigenvalue weighted by atomic mass is 9.96. The first-order valence-electron chi connectivity index (χ1n) is 9.20. The molecule has 26 heavy (non-hydrogen) atoms. The van der Waals surface area contributed by atoms with Crippen molar-refractivity contribution in [3.05, 3.63) is 52.4 Å². The zero-order chi connectivity index (χ0) is 18.1. The molecule has 2 aliphatic rings. The van der Waals surface area contributed by atoms with Gasteiger partial charge in [0.2, 0.25) is 5.76 Å². The zero-order valence-corrected chi connectivity index (χ0v) is 14.6. The molecule has 0 saturated carbocycles. The second-order valence-corrected chi connectivity index (χ2v) is 7.26. The summed E-state index contributed by atoms with van der Waals surface area (Å²) < 4.78 is 5.38. The highest BCUT2D eigenvalue weighted by Crippen LogP contribution is 2.28. The molecule has 6 nitrogen and oxygen atoms in total. The summed E-state index contributed by atoms with van der Waals surface area (Å²) in [7, 11) is 0. The Morgan fingerprint density at radius 1 is 1.27 bits per heavy atom. The molecule has 0 bridgehead atoms. The third-order valence-corrected chi connectivity index (χ3v) is 5.43. The van der Waals surface area contributed by atoms with E-state index in [1.54, 1.807) is 18.2 Å². The molecule has 0 radical (unpaired) electrons. The van der Waals surface area contributed by atoms with Crippen LogP contribution in [0.4, 0.5) is 0 Å². The quantitative estimate of drug-likeness (QED) is 0.913. The number of carboxylic acid groups (broad SMARTS) is 1. The number of likely N-dealkylation sites (tertiary alicyclic amines) is 1. The number of carbonyl (C=O) groups is 2. The van der Waals surface area contributed by atoms with E-state index in [4.69, 9.17) is 9.63 Å². The minimum absolute atomic E-state index is 0.0533. The van der Waals surface area contributed by atoms with Crippen LogP contribution < -0.4 is 0 Å². The largest absolute Gasteiger partial charge is 0.478 e. The first-order valence-corrected chi connectivity index (χ1v) is 9.20. The third-order valence-electron chi connectivity index (χ3n) is 5.43. The van der Waals surface area contributed by atoms with Gasteiger partial charge in [-0.25, -0.2) is 4.79 Å². The van der Waals surface area contributed by atoms with Crippen molar-refractivity contribution in [2.45, 2.75) is 38.5 Å². The lowest BCUT2D eigenvalue weighted by molar-refractivity contribution is 0.0695. The van der Waals surface area contributed by atoms with Crippen molar-refractivity contribution in [1.29, 1.82) is 0 Å². The van der Waals surface area contributed by atoms with Crippen LogP contribution in [0.15, 0.2) is 28.8 Å². The molecule has 1 fully saturated rings. The lowest BCUT2D eigenvalue weighted by Crippen LogP contribution is -2.29. The van der Waals surface area contributed by atoms with E-state index in [-0.39, 0.29) is 5.91 Å². The number of rotatable bonds is 4. The van der Waals surface area contributed by atoms with Crippen LogP contribution in [0.5, 0.6) is 0 Å². The van der Waals surface area contributed by atoms with Gasteiger partial charge < -0.3 is 14.5 Å². The van der Waals surface area contributed by atoms with Crippen molar-refractivity contribution < 1.29 is 19.2 Å². The van der Waals surface area contributed by atoms with E-state index in [1.165, 1.54) is 0 Å². The molecule has 136 valence electrons. The molecular formula is C20H22N2O4. The maximum atomic E-state index is 12.8. The Kier molecular flexibility index (Phi) is 4.49. The van der Waals surface area contributed by atoms with E-state index < -0.39 is 5.97 Å². The smallest absolute Gasteiger partial charge is 0.335 e. The van der Waals surface area contributed by atoms with E-state index in [1.807, 2.05) is 11.0 Å². The fourth-order valence-corrected chi connectivity index (χ4v) is 4.05. The summed E-state index contributed by atoms with van der Waals surface area (Å²) in [4.78, 5) is 25.8. The van der Waals surface area contributed by atoms with Gasteiger partial charge in [0.1, 0.15) is 0 Å². The third kappa shape index (κ3) is 3.23. The first-order chi connectivity index (χ1) is 12.6. The van der Waals surface area contributed by atoms with Crippen LogP contribution in [0.3, 0.4) is 0 Å². The number of nitrogens with zero attached hydrogens (tertiary/aromatic N) is 2. The number of carboxylic acids is 1. The summed E-state index contributed by atoms with van der Waals surface area (Å²) >= 11 is 0. The minimum Gasteiger partial charge on any atom is -0.478 e. The predicted molar refractivity (Wildman–Crippen MR) is 94.3 cm³/mol. The second kappa shape index (κ2) is 6.94. The highest BCUT2D eigenvalue weighted by atomic mass is 16.5. The summed E-state index contributed by atoms with van der Waals surface area (Å²) in [6.45, 7) is 1.38. The van der Waals surface area contributed by atoms with Gasteiger partial charge >= 0.3 is 5.97 Å². The van der Waals surface area contributed by atoms with Crippen LogP contribution in [-0.4, -0.2) is 40.1 Å². The molecule has 1 atom stereocenters. The van der Waals surface area contributed by atoms with Gasteiger partial charge in [0.15, 0.2) is 0 Å². The van der Waals surface area contributed by atoms with Gasteiger partial charge in [0.05, 0.1) is 11.3 Å². The number of aryl methyl sites for hydroxylation is 1. The van der Waals surface area contributed by atoms with Gasteiger partial charge in [-0.3, -0.25) is 4.79 Å². The van der Waals surface area contributed by atoms with Gasteiger partial charge in [0, 0.05) is 18.7 Å². The number of aromatic nitrogens is 1. The summed E-state index contributed by atoms with van der Waals surface area (Å²) in [6.07, 6.45) is 5.65. The molecule has 2 heterocycles. The lowest BCUT2D eigenvalue weighted by Gasteiger charge is -2.16. The molecule has 1 aliphatic carbocycles. The standard InChI is InChI=1S/C20H22N2O4/c23-19(18-16-6-1-2-7-17(16)21-26-18)22-9-8-14(12-22)10-13-4-3-5-15(11-13)20(24)25/h3-5,11,14H,1-2,6-10,12H2,(H,24,25)/t14-/m1/s1. The van der Waals surface area contributed by atoms with Gasteiger partial charge in [-0.15, -0.1) is 0 Å². The molecule has 4 rings (SSSR count). The maximum Gasteiger partial charge on any atom is 0.335 e. The molecule has 1 amide bonds. The molecule has 2 aromatic rings. The van der Waals surface area contributed by atoms with Gasteiger partial charge in [-0.1, -0.05) is 17.3 Å². The monoisotopic (exact) mass is 354 g/mol. The Labute approximate surface area is 151 Å². The maximum absolute atomic E-state index is 12.8. The topological polar surface area (TPSA) is 83.6 Å². The molecule has 1 aliphatic heterocycles. The second-order valence-electron chi connectivity index (χ2n) is 7.26. The molecule has 1 aromatic carbocycles. The summed E-state index contributed by atoms with van der Waals surface area (Å²) in [6, 6.07) is 7.05. The number of hydrogen-bond donors (Lipinski definition) is 1. The Hall–Kier alpha value is -2.63. The number of amides is 1. The number of aromatic carboxylic acids is 1. The Morgan fingerprint density at radius 3 is 2.96 bits per heavy atom. The predicted octanol–water partition coefficient (Wildman–Crippen LogP) is 2.96. The van der Waals surface area contributed by atoms with Gasteiger partial charge in [0.25, 0.3) is 5.91 Å². The molecule has 0 spiro atoms. The van der Waals surface area contributed by atoms with Crippen LogP contribution in [-0.2, 0) is 19.3 Å². The fourth-order valence-electron chi connectivity index (χ4n) is 4.05. The van der Waals surface area contributed by atoms with E-state index in [9.17, 15) is 9.59 Å². The van der Waals surface area contributed by atoms with Crippen LogP contribution in [0.1, 0.15) is 57.0 Å². The minimum atomic E-state index is -0.912. The molecule has 1 saturated heterocycles. The number of benzene rings is 1. The SMILES string of the molecule is O=C(O)c1cccc(C[C@H]2CCN(C(=O)c3onc4c3CCCC4)C2)c1. The van der Waals surface area contributed by atoms with Gasteiger partial charge in [-0.2, -0.15) is 0 Å². The average Bonchev–Trinajstić information content (AvgIpc) is 3.28. The van der Waals surface area contributed by atoms with Crippen molar-refractivity contribution in [1.82, 2.24) is 10.1 Å². The molecule has 6 heteroatoms. The summed E-state index contributed by atoms with van der Waals surface area (Å²) in [5.74, 6) is -0.206.